The summed E-state index contributed by atoms with van der Waals surface area (Å²) in [6.45, 7) is 6.99. The molecule has 5 heteroatoms. The molecule has 0 aliphatic heterocycles. The second-order valence-electron chi connectivity index (χ2n) is 7.48. The molecular weight excluding hydrogens is 298 g/mol. The first-order chi connectivity index (χ1) is 11.7. The lowest BCUT2D eigenvalue weighted by Crippen LogP contribution is -2.46. The van der Waals surface area contributed by atoms with Crippen molar-refractivity contribution in [3.05, 3.63) is 18.0 Å². The Morgan fingerprint density at radius 2 is 2.04 bits per heavy atom. The summed E-state index contributed by atoms with van der Waals surface area (Å²) in [7, 11) is 0. The summed E-state index contributed by atoms with van der Waals surface area (Å²) in [5, 5.41) is 11.6. The van der Waals surface area contributed by atoms with Gasteiger partial charge < -0.3 is 10.6 Å². The number of nitrogens with one attached hydrogen (secondary N) is 2. The Hall–Kier alpha value is -1.52. The Morgan fingerprint density at radius 3 is 2.67 bits per heavy atom. The van der Waals surface area contributed by atoms with Gasteiger partial charge in [0.2, 0.25) is 0 Å². The Kier molecular flexibility index (Phi) is 5.80. The number of nitrogens with zero attached hydrogens (tertiary/aromatic N) is 3. The first kappa shape index (κ1) is 17.3. The van der Waals surface area contributed by atoms with Crippen LogP contribution in [0.15, 0.2) is 17.3 Å². The number of aliphatic imine (C=N–C) groups is 1. The number of aromatic nitrogens is 2. The molecule has 1 aromatic rings. The van der Waals surface area contributed by atoms with Gasteiger partial charge in [-0.1, -0.05) is 26.2 Å². The molecule has 0 spiro atoms. The predicted octanol–water partition coefficient (Wildman–Crippen LogP) is 3.63. The monoisotopic (exact) mass is 331 g/mol. The lowest BCUT2D eigenvalue weighted by atomic mass is 9.67. The van der Waals surface area contributed by atoms with Gasteiger partial charge in [-0.3, -0.25) is 4.68 Å². The maximum Gasteiger partial charge on any atom is 0.191 e. The molecule has 5 nitrogen and oxygen atoms in total. The largest absolute Gasteiger partial charge is 0.357 e. The van der Waals surface area contributed by atoms with Gasteiger partial charge in [0, 0.05) is 19.3 Å². The molecule has 2 aliphatic carbocycles. The van der Waals surface area contributed by atoms with Gasteiger partial charge in [-0.25, -0.2) is 4.99 Å². The Bertz CT molecular complexity index is 532. The highest BCUT2D eigenvalue weighted by Gasteiger charge is 2.34. The van der Waals surface area contributed by atoms with Crippen LogP contribution in [0, 0.1) is 5.41 Å². The molecule has 1 heterocycles. The second-order valence-corrected chi connectivity index (χ2v) is 7.48. The third-order valence-corrected chi connectivity index (χ3v) is 5.90. The molecule has 0 amide bonds. The zero-order valence-electron chi connectivity index (χ0n) is 15.4. The molecule has 24 heavy (non-hydrogen) atoms. The van der Waals surface area contributed by atoms with Crippen LogP contribution in [0.3, 0.4) is 0 Å². The minimum Gasteiger partial charge on any atom is -0.357 e. The third-order valence-electron chi connectivity index (χ3n) is 5.90. The molecule has 0 unspecified atom stereocenters. The van der Waals surface area contributed by atoms with Gasteiger partial charge in [0.05, 0.1) is 18.3 Å². The van der Waals surface area contributed by atoms with E-state index in [-0.39, 0.29) is 0 Å². The molecule has 2 aliphatic rings. The highest BCUT2D eigenvalue weighted by molar-refractivity contribution is 5.79. The fourth-order valence-corrected chi connectivity index (χ4v) is 3.94. The highest BCUT2D eigenvalue weighted by Crippen LogP contribution is 2.43. The zero-order chi connectivity index (χ0) is 16.8. The highest BCUT2D eigenvalue weighted by atomic mass is 15.3. The van der Waals surface area contributed by atoms with E-state index in [0.717, 1.165) is 24.7 Å². The lowest BCUT2D eigenvalue weighted by molar-refractivity contribution is 0.131. The van der Waals surface area contributed by atoms with E-state index in [4.69, 9.17) is 10.1 Å². The molecule has 3 rings (SSSR count). The van der Waals surface area contributed by atoms with Crippen LogP contribution in [-0.2, 0) is 6.54 Å². The lowest BCUT2D eigenvalue weighted by Gasteiger charge is -2.41. The van der Waals surface area contributed by atoms with Crippen LogP contribution in [0.2, 0.25) is 0 Å². The minimum atomic E-state index is 0.500. The van der Waals surface area contributed by atoms with Gasteiger partial charge in [-0.2, -0.15) is 5.10 Å². The maximum atomic E-state index is 4.74. The topological polar surface area (TPSA) is 54.2 Å². The Balaban J connectivity index is 1.55. The van der Waals surface area contributed by atoms with Gasteiger partial charge >= 0.3 is 0 Å². The first-order valence-corrected chi connectivity index (χ1v) is 9.81. The SMILES string of the molecule is CCNC(=NCc1ccn(C2CCCC2)n1)NCC1(CC)CCC1. The molecule has 2 saturated carbocycles. The molecule has 2 N–H and O–H groups in total. The summed E-state index contributed by atoms with van der Waals surface area (Å²) in [4.78, 5) is 4.74. The molecular formula is C19H33N5. The summed E-state index contributed by atoms with van der Waals surface area (Å²) in [6, 6.07) is 2.72. The van der Waals surface area contributed by atoms with Crippen LogP contribution < -0.4 is 10.6 Å². The third kappa shape index (κ3) is 4.11. The van der Waals surface area contributed by atoms with Crippen LogP contribution in [0.5, 0.6) is 0 Å². The molecule has 0 atom stereocenters. The molecule has 0 radical (unpaired) electrons. The minimum absolute atomic E-state index is 0.500. The van der Waals surface area contributed by atoms with Gasteiger partial charge in [0.25, 0.3) is 0 Å². The van der Waals surface area contributed by atoms with Crippen LogP contribution in [0.1, 0.15) is 76.9 Å². The van der Waals surface area contributed by atoms with E-state index >= 15 is 0 Å². The van der Waals surface area contributed by atoms with Crippen LogP contribution in [-0.4, -0.2) is 28.8 Å². The Morgan fingerprint density at radius 1 is 1.25 bits per heavy atom. The predicted molar refractivity (Wildman–Crippen MR) is 99.1 cm³/mol. The van der Waals surface area contributed by atoms with Crippen LogP contribution in [0.25, 0.3) is 0 Å². The summed E-state index contributed by atoms with van der Waals surface area (Å²) in [5.74, 6) is 0.924. The quantitative estimate of drug-likeness (QED) is 0.592. The van der Waals surface area contributed by atoms with Crippen molar-refractivity contribution in [2.24, 2.45) is 10.4 Å². The molecule has 134 valence electrons. The molecule has 0 bridgehead atoms. The van der Waals surface area contributed by atoms with Crippen molar-refractivity contribution in [3.63, 3.8) is 0 Å². The van der Waals surface area contributed by atoms with E-state index in [0.29, 0.717) is 18.0 Å². The van der Waals surface area contributed by atoms with Gasteiger partial charge in [-0.05, 0) is 50.5 Å². The van der Waals surface area contributed by atoms with Crippen molar-refractivity contribution in [2.75, 3.05) is 13.1 Å². The van der Waals surface area contributed by atoms with Crippen molar-refractivity contribution >= 4 is 5.96 Å². The molecule has 0 aromatic carbocycles. The van der Waals surface area contributed by atoms with Crippen molar-refractivity contribution in [3.8, 4) is 0 Å². The molecule has 2 fully saturated rings. The van der Waals surface area contributed by atoms with Crippen molar-refractivity contribution < 1.29 is 0 Å². The van der Waals surface area contributed by atoms with Gasteiger partial charge in [0.15, 0.2) is 5.96 Å². The summed E-state index contributed by atoms with van der Waals surface area (Å²) in [6.07, 6.45) is 12.7. The number of rotatable bonds is 7. The number of hydrogen-bond donors (Lipinski definition) is 2. The Labute approximate surface area is 146 Å². The van der Waals surface area contributed by atoms with Crippen molar-refractivity contribution in [1.82, 2.24) is 20.4 Å². The average Bonchev–Trinajstić information content (AvgIpc) is 3.22. The van der Waals surface area contributed by atoms with Gasteiger partial charge in [-0.15, -0.1) is 0 Å². The molecule has 1 aromatic heterocycles. The van der Waals surface area contributed by atoms with E-state index in [1.165, 1.54) is 51.4 Å². The zero-order valence-corrected chi connectivity index (χ0v) is 15.4. The fraction of sp³-hybridized carbons (Fsp3) is 0.789. The van der Waals surface area contributed by atoms with Gasteiger partial charge in [0.1, 0.15) is 0 Å². The normalized spacial score (nSPS) is 20.8. The van der Waals surface area contributed by atoms with E-state index in [2.05, 4.69) is 41.4 Å². The van der Waals surface area contributed by atoms with E-state index in [9.17, 15) is 0 Å². The van der Waals surface area contributed by atoms with E-state index in [1.54, 1.807) is 0 Å². The van der Waals surface area contributed by atoms with Crippen LogP contribution >= 0.6 is 0 Å². The van der Waals surface area contributed by atoms with E-state index < -0.39 is 0 Å². The number of hydrogen-bond acceptors (Lipinski definition) is 2. The second kappa shape index (κ2) is 8.04. The summed E-state index contributed by atoms with van der Waals surface area (Å²) in [5.41, 5.74) is 1.56. The average molecular weight is 332 g/mol. The summed E-state index contributed by atoms with van der Waals surface area (Å²) < 4.78 is 2.15. The smallest absolute Gasteiger partial charge is 0.191 e. The van der Waals surface area contributed by atoms with E-state index in [1.807, 2.05) is 0 Å². The number of guanidine groups is 1. The first-order valence-electron chi connectivity index (χ1n) is 9.81. The summed E-state index contributed by atoms with van der Waals surface area (Å²) >= 11 is 0. The van der Waals surface area contributed by atoms with Crippen molar-refractivity contribution in [1.29, 1.82) is 0 Å². The van der Waals surface area contributed by atoms with Crippen molar-refractivity contribution in [2.45, 2.75) is 77.8 Å². The standard InChI is InChI=1S/C19H33N5/c1-3-19(11-7-12-19)15-22-18(20-4-2)21-14-16-10-13-24(23-16)17-8-5-6-9-17/h10,13,17H,3-9,11-12,14-15H2,1-2H3,(H2,20,21,22). The fourth-order valence-electron chi connectivity index (χ4n) is 3.94. The molecule has 0 saturated heterocycles. The van der Waals surface area contributed by atoms with Crippen LogP contribution in [0.4, 0.5) is 0 Å². The maximum absolute atomic E-state index is 4.74.